The first-order valence-corrected chi connectivity index (χ1v) is 5.20. The average molecular weight is 88.1 g/mol. The van der Waals surface area contributed by atoms with Crippen molar-refractivity contribution in [3.05, 3.63) is 0 Å². The maximum Gasteiger partial charge on any atom is 0.0274 e. The van der Waals surface area contributed by atoms with Gasteiger partial charge in [0.2, 0.25) is 0 Å². The monoisotopic (exact) mass is 88.1 g/mol. The Balaban J connectivity index is -0.0000000450. The summed E-state index contributed by atoms with van der Waals surface area (Å²) in [7, 11) is -0.139. The van der Waals surface area contributed by atoms with Gasteiger partial charge in [-0.05, 0) is 0 Å². The van der Waals surface area contributed by atoms with Gasteiger partial charge in [0.15, 0.2) is 0 Å². The van der Waals surface area contributed by atoms with Crippen LogP contribution in [0.1, 0.15) is 0 Å². The minimum absolute atomic E-state index is 0. The van der Waals surface area contributed by atoms with E-state index in [1.807, 2.05) is 0 Å². The van der Waals surface area contributed by atoms with Crippen molar-refractivity contribution < 1.29 is 0 Å². The Bertz CT molecular complexity index is 13.5. The van der Waals surface area contributed by atoms with Crippen molar-refractivity contribution >= 4 is 46.5 Å². The molecule has 28 valence electrons. The smallest absolute Gasteiger partial charge is 0.0274 e. The summed E-state index contributed by atoms with van der Waals surface area (Å²) in [6.45, 7) is 6.92. The summed E-state index contributed by atoms with van der Waals surface area (Å²) in [5.74, 6) is 0. The Hall–Kier alpha value is 1.41. The zero-order valence-electron chi connectivity index (χ0n) is 5.58. The van der Waals surface area contributed by atoms with Gasteiger partial charge in [-0.25, -0.2) is 0 Å². The van der Waals surface area contributed by atoms with Gasteiger partial charge in [0.25, 0.3) is 0 Å². The van der Waals surface area contributed by atoms with Gasteiger partial charge in [0.1, 0.15) is 0 Å². The first kappa shape index (κ1) is 15.7. The molecule has 0 aromatic carbocycles. The van der Waals surface area contributed by atoms with Crippen LogP contribution in [0.25, 0.3) is 0 Å². The summed E-state index contributed by atoms with van der Waals surface area (Å²) in [6, 6.07) is 0. The summed E-state index contributed by atoms with van der Waals surface area (Å²) < 4.78 is 0. The van der Waals surface area contributed by atoms with Crippen molar-refractivity contribution in [1.82, 2.24) is 0 Å². The molecular weight excluding hydrogens is 78.0 g/mol. The van der Waals surface area contributed by atoms with E-state index in [4.69, 9.17) is 0 Å². The molecule has 6 heavy (non-hydrogen) atoms. The molecule has 0 saturated heterocycles. The Kier molecular flexibility index (Phi) is 25.2. The maximum atomic E-state index is 2.31. The van der Waals surface area contributed by atoms with Gasteiger partial charge in [0, 0.05) is 46.5 Å². The van der Waals surface area contributed by atoms with Gasteiger partial charge in [-0.2, -0.15) is 0 Å². The molecule has 0 spiro atoms. The van der Waals surface area contributed by atoms with Crippen molar-refractivity contribution in [1.29, 1.82) is 0 Å². The van der Waals surface area contributed by atoms with E-state index >= 15 is 0 Å². The maximum absolute atomic E-state index is 2.31. The molecule has 2 radical (unpaired) electrons. The molecular formula is C3H10Li2Si. The van der Waals surface area contributed by atoms with E-state index in [0.717, 1.165) is 0 Å². The minimum Gasteiger partial charge on any atom is -0.0724 e. The molecule has 0 aliphatic rings. The van der Waals surface area contributed by atoms with Crippen molar-refractivity contribution in [2.45, 2.75) is 19.6 Å². The zero-order valence-corrected chi connectivity index (χ0v) is 6.73. The van der Waals surface area contributed by atoms with Gasteiger partial charge in [0.05, 0.1) is 0 Å². The van der Waals surface area contributed by atoms with Crippen LogP contribution in [0.3, 0.4) is 0 Å². The van der Waals surface area contributed by atoms with E-state index in [1.165, 1.54) is 0 Å². The minimum atomic E-state index is -0.139. The molecule has 0 N–H and O–H groups in total. The molecule has 0 saturated carbocycles. The van der Waals surface area contributed by atoms with Crippen molar-refractivity contribution in [3.8, 4) is 0 Å². The molecule has 0 bridgehead atoms. The molecule has 0 aromatic heterocycles. The van der Waals surface area contributed by atoms with E-state index < -0.39 is 0 Å². The van der Waals surface area contributed by atoms with Gasteiger partial charge >= 0.3 is 0 Å². The Morgan fingerprint density at radius 2 is 0.833 bits per heavy atom. The van der Waals surface area contributed by atoms with Crippen LogP contribution in [0, 0.1) is 0 Å². The fourth-order valence-corrected chi connectivity index (χ4v) is 0. The Labute approximate surface area is 66.0 Å². The zero-order chi connectivity index (χ0) is 3.58. The number of hydrogen-bond acceptors (Lipinski definition) is 0. The fraction of sp³-hybridized carbons (Fsp3) is 1.00. The largest absolute Gasteiger partial charge is 0.0724 e. The summed E-state index contributed by atoms with van der Waals surface area (Å²) in [5, 5.41) is 0. The molecule has 0 aliphatic carbocycles. The average Bonchev–Trinajstić information content (AvgIpc) is 0.811. The third kappa shape index (κ3) is 52.9. The van der Waals surface area contributed by atoms with Gasteiger partial charge < -0.3 is 0 Å². The van der Waals surface area contributed by atoms with Crippen LogP contribution in [0.5, 0.6) is 0 Å². The third-order valence-corrected chi connectivity index (χ3v) is 0. The number of rotatable bonds is 0. The molecule has 0 atom stereocenters. The first-order chi connectivity index (χ1) is 1.73. The van der Waals surface area contributed by atoms with Gasteiger partial charge in [-0.1, -0.05) is 19.6 Å². The normalized spacial score (nSPS) is 6.00. The molecule has 3 heteroatoms. The van der Waals surface area contributed by atoms with Crippen LogP contribution in [0.15, 0.2) is 0 Å². The summed E-state index contributed by atoms with van der Waals surface area (Å²) in [5.41, 5.74) is 0. The molecule has 0 aromatic rings. The third-order valence-electron chi connectivity index (χ3n) is 0. The standard InChI is InChI=1S/C3H10Si.2Li/c1-4(2)3;;/h4H,1-3H3;;. The van der Waals surface area contributed by atoms with Crippen molar-refractivity contribution in [3.63, 3.8) is 0 Å². The molecule has 0 rings (SSSR count). The van der Waals surface area contributed by atoms with E-state index in [1.54, 1.807) is 0 Å². The Morgan fingerprint density at radius 3 is 0.833 bits per heavy atom. The van der Waals surface area contributed by atoms with E-state index in [-0.39, 0.29) is 46.5 Å². The topological polar surface area (TPSA) is 0 Å². The summed E-state index contributed by atoms with van der Waals surface area (Å²) >= 11 is 0. The van der Waals surface area contributed by atoms with Crippen LogP contribution < -0.4 is 0 Å². The first-order valence-electron chi connectivity index (χ1n) is 1.73. The fourth-order valence-electron chi connectivity index (χ4n) is 0. The Morgan fingerprint density at radius 1 is 0.833 bits per heavy atom. The van der Waals surface area contributed by atoms with Crippen molar-refractivity contribution in [2.24, 2.45) is 0 Å². The summed E-state index contributed by atoms with van der Waals surface area (Å²) in [6.07, 6.45) is 0. The molecule has 0 nitrogen and oxygen atoms in total. The predicted octanol–water partition coefficient (Wildman–Crippen LogP) is 0.341. The second-order valence-electron chi connectivity index (χ2n) is 1.73. The van der Waals surface area contributed by atoms with Crippen molar-refractivity contribution in [2.75, 3.05) is 0 Å². The van der Waals surface area contributed by atoms with Crippen LogP contribution in [-0.4, -0.2) is 46.5 Å². The molecule has 0 unspecified atom stereocenters. The van der Waals surface area contributed by atoms with E-state index in [2.05, 4.69) is 19.6 Å². The van der Waals surface area contributed by atoms with Crippen LogP contribution in [0.2, 0.25) is 19.6 Å². The predicted molar refractivity (Wildman–Crippen MR) is 36.2 cm³/mol. The SMILES string of the molecule is C[SiH](C)C.[Li].[Li]. The van der Waals surface area contributed by atoms with E-state index in [9.17, 15) is 0 Å². The molecule has 0 fully saturated rings. The molecule has 0 amide bonds. The molecule has 0 heterocycles. The van der Waals surface area contributed by atoms with Gasteiger partial charge in [-0.3, -0.25) is 0 Å². The second-order valence-corrected chi connectivity index (χ2v) is 5.20. The summed E-state index contributed by atoms with van der Waals surface area (Å²) in [4.78, 5) is 0. The quantitative estimate of drug-likeness (QED) is 0.374. The van der Waals surface area contributed by atoms with E-state index in [0.29, 0.717) is 0 Å². The second kappa shape index (κ2) is 9.65. The van der Waals surface area contributed by atoms with Crippen LogP contribution >= 0.6 is 0 Å². The number of hydrogen-bond donors (Lipinski definition) is 0. The van der Waals surface area contributed by atoms with Gasteiger partial charge in [-0.15, -0.1) is 0 Å². The molecule has 0 aliphatic heterocycles. The van der Waals surface area contributed by atoms with Crippen LogP contribution in [0.4, 0.5) is 0 Å². The van der Waals surface area contributed by atoms with Crippen LogP contribution in [-0.2, 0) is 0 Å².